The molecule has 0 atom stereocenters. The number of nitrogens with one attached hydrogen (secondary N) is 1. The molecule has 1 heterocycles. The molecule has 3 rings (SSSR count). The second-order valence-corrected chi connectivity index (χ2v) is 11.2. The van der Waals surface area contributed by atoms with E-state index in [1.165, 1.54) is 26.6 Å². The van der Waals surface area contributed by atoms with E-state index in [-0.39, 0.29) is 0 Å². The number of hydrogen-bond acceptors (Lipinski definition) is 9. The molecule has 1 aliphatic heterocycles. The van der Waals surface area contributed by atoms with Gasteiger partial charge in [-0.05, 0) is 37.6 Å². The lowest BCUT2D eigenvalue weighted by molar-refractivity contribution is 0.452. The molecule has 0 amide bonds. The first-order chi connectivity index (χ1) is 14.4. The van der Waals surface area contributed by atoms with Gasteiger partial charge >= 0.3 is 0 Å². The van der Waals surface area contributed by atoms with Crippen molar-refractivity contribution in [2.75, 3.05) is 42.6 Å². The van der Waals surface area contributed by atoms with Gasteiger partial charge in [0.05, 0.1) is 37.4 Å². The zero-order valence-corrected chi connectivity index (χ0v) is 19.9. The molecule has 2 aromatic rings. The van der Waals surface area contributed by atoms with Crippen LogP contribution in [0.2, 0.25) is 0 Å². The van der Waals surface area contributed by atoms with Crippen LogP contribution in [-0.4, -0.2) is 63.6 Å². The minimum atomic E-state index is -4.59. The van der Waals surface area contributed by atoms with Crippen LogP contribution in [0, 0.1) is 13.8 Å². The molecule has 11 heteroatoms. The molecule has 0 radical (unpaired) electrons. The van der Waals surface area contributed by atoms with Crippen LogP contribution in [-0.2, 0) is 20.2 Å². The smallest absolute Gasteiger partial charge is 0.0955 e. The molecule has 1 aliphatic rings. The Bertz CT molecular complexity index is 1050. The summed E-state index contributed by atoms with van der Waals surface area (Å²) in [7, 11) is -9.17. The fraction of sp³-hybridized carbons (Fsp3) is 0.400. The van der Waals surface area contributed by atoms with Gasteiger partial charge in [-0.3, -0.25) is 0 Å². The van der Waals surface area contributed by atoms with E-state index >= 15 is 0 Å². The lowest BCUT2D eigenvalue weighted by Crippen LogP contribution is -2.43. The first-order valence-electron chi connectivity index (χ1n) is 9.61. The van der Waals surface area contributed by atoms with Crippen molar-refractivity contribution in [3.63, 3.8) is 0 Å². The van der Waals surface area contributed by atoms with Crippen LogP contribution in [0.1, 0.15) is 11.1 Å². The third-order valence-corrected chi connectivity index (χ3v) is 7.37. The van der Waals surface area contributed by atoms with Crippen LogP contribution in [0.3, 0.4) is 0 Å². The van der Waals surface area contributed by atoms with Gasteiger partial charge in [0, 0.05) is 36.0 Å². The van der Waals surface area contributed by atoms with Gasteiger partial charge in [-0.1, -0.05) is 41.6 Å². The van der Waals surface area contributed by atoms with Crippen LogP contribution < -0.4 is 10.2 Å². The molecule has 0 aliphatic carbocycles. The highest BCUT2D eigenvalue weighted by Crippen LogP contribution is 2.37. The zero-order chi connectivity index (χ0) is 23.1. The summed E-state index contributed by atoms with van der Waals surface area (Å²) in [6.45, 7) is 8.67. The minimum absolute atomic E-state index is 1.07. The van der Waals surface area contributed by atoms with Gasteiger partial charge in [0.25, 0.3) is 0 Å². The highest BCUT2D eigenvalue weighted by Gasteiger charge is 2.14. The number of hydrogen-bond donors (Lipinski definition) is 1. The summed E-state index contributed by atoms with van der Waals surface area (Å²) in [5.74, 6) is -2.31. The highest BCUT2D eigenvalue weighted by atomic mass is 32.2. The summed E-state index contributed by atoms with van der Waals surface area (Å²) in [5, 5.41) is 3.42. The number of benzene rings is 2. The van der Waals surface area contributed by atoms with Crippen molar-refractivity contribution < 1.29 is 25.9 Å². The van der Waals surface area contributed by atoms with Crippen LogP contribution in [0.25, 0.3) is 0 Å². The van der Waals surface area contributed by atoms with E-state index in [4.69, 9.17) is 0 Å². The van der Waals surface area contributed by atoms with Crippen molar-refractivity contribution in [3.8, 4) is 0 Å². The number of rotatable bonds is 6. The number of aryl methyl sites for hydroxylation is 2. The molecule has 0 bridgehead atoms. The Hall–Kier alpha value is -1.63. The second kappa shape index (κ2) is 11.3. The molecule has 8 nitrogen and oxygen atoms in total. The van der Waals surface area contributed by atoms with Crippen molar-refractivity contribution in [1.82, 2.24) is 5.32 Å². The van der Waals surface area contributed by atoms with E-state index in [1.54, 1.807) is 0 Å². The number of anilines is 1. The summed E-state index contributed by atoms with van der Waals surface area (Å²) in [4.78, 5) is 5.19. The molecule has 0 saturated carbocycles. The van der Waals surface area contributed by atoms with Gasteiger partial charge in [-0.25, -0.2) is 16.8 Å². The Balaban J connectivity index is 0.000000291. The summed E-state index contributed by atoms with van der Waals surface area (Å²) in [6.07, 6.45) is 0. The molecular formula is C20H26N2O6S3-2. The molecule has 1 N–H and O–H groups in total. The summed E-state index contributed by atoms with van der Waals surface area (Å²) >= 11 is 1.88. The van der Waals surface area contributed by atoms with Crippen LogP contribution in [0.4, 0.5) is 5.69 Å². The average Bonchev–Trinajstić information content (AvgIpc) is 2.69. The summed E-state index contributed by atoms with van der Waals surface area (Å²) in [6, 6.07) is 15.5. The van der Waals surface area contributed by atoms with Gasteiger partial charge in [-0.2, -0.15) is 0 Å². The van der Waals surface area contributed by atoms with Crippen molar-refractivity contribution in [2.24, 2.45) is 0 Å². The minimum Gasteiger partial charge on any atom is -0.748 e. The average molecular weight is 487 g/mol. The lowest BCUT2D eigenvalue weighted by atomic mass is 10.2. The van der Waals surface area contributed by atoms with Crippen molar-refractivity contribution in [3.05, 3.63) is 53.6 Å². The van der Waals surface area contributed by atoms with E-state index in [1.807, 2.05) is 11.8 Å². The maximum atomic E-state index is 9.72. The first kappa shape index (κ1) is 25.6. The van der Waals surface area contributed by atoms with E-state index in [0.717, 1.165) is 26.2 Å². The zero-order valence-electron chi connectivity index (χ0n) is 17.4. The van der Waals surface area contributed by atoms with Crippen LogP contribution >= 0.6 is 11.8 Å². The van der Waals surface area contributed by atoms with Crippen molar-refractivity contribution in [2.45, 2.75) is 23.6 Å². The van der Waals surface area contributed by atoms with E-state index in [0.29, 0.717) is 0 Å². The van der Waals surface area contributed by atoms with E-state index < -0.39 is 31.7 Å². The van der Waals surface area contributed by atoms with Gasteiger partial charge in [0.1, 0.15) is 0 Å². The molecule has 0 aromatic heterocycles. The Morgan fingerprint density at radius 3 is 2.03 bits per heavy atom. The molecule has 0 spiro atoms. The Morgan fingerprint density at radius 2 is 1.48 bits per heavy atom. The quantitative estimate of drug-likeness (QED) is 0.609. The maximum Gasteiger partial charge on any atom is 0.0955 e. The van der Waals surface area contributed by atoms with Crippen LogP contribution in [0.5, 0.6) is 0 Å². The Morgan fingerprint density at radius 1 is 0.903 bits per heavy atom. The third kappa shape index (κ3) is 9.58. The van der Waals surface area contributed by atoms with E-state index in [2.05, 4.69) is 66.5 Å². The highest BCUT2D eigenvalue weighted by molar-refractivity contribution is 7.99. The topological polar surface area (TPSA) is 130 Å². The summed E-state index contributed by atoms with van der Waals surface area (Å²) < 4.78 is 58.3. The number of piperazine rings is 1. The van der Waals surface area contributed by atoms with Crippen molar-refractivity contribution >= 4 is 37.7 Å². The standard InChI is InChI=1S/C18H22N2S.C2H6O6S2/c1-14-7-8-17(15(2)13-14)21-18-6-4-3-5-16(18)20-11-9-19-10-12-20;3-9(4,5)1-2-10(6,7)8/h3-8,13,19H,9-12H2,1-2H3;1-2H2,(H,3,4,5)(H,6,7,8)/p-2. The SMILES string of the molecule is Cc1ccc(Sc2ccccc2N2CCNCC2)c(C)c1.O=S(=O)([O-])CCS(=O)(=O)[O-]. The van der Waals surface area contributed by atoms with Crippen LogP contribution in [0.15, 0.2) is 52.3 Å². The number of para-hydroxylation sites is 1. The maximum absolute atomic E-state index is 9.72. The van der Waals surface area contributed by atoms with Crippen molar-refractivity contribution in [1.29, 1.82) is 0 Å². The fourth-order valence-electron chi connectivity index (χ4n) is 2.95. The predicted molar refractivity (Wildman–Crippen MR) is 121 cm³/mol. The largest absolute Gasteiger partial charge is 0.748 e. The predicted octanol–water partition coefficient (Wildman–Crippen LogP) is 1.94. The van der Waals surface area contributed by atoms with Gasteiger partial charge in [0.2, 0.25) is 0 Å². The molecule has 0 unspecified atom stereocenters. The molecule has 1 fully saturated rings. The van der Waals surface area contributed by atoms with Gasteiger partial charge in [-0.15, -0.1) is 0 Å². The number of nitrogens with zero attached hydrogens (tertiary/aromatic N) is 1. The normalized spacial score (nSPS) is 14.6. The molecule has 1 saturated heterocycles. The fourth-order valence-corrected chi connectivity index (χ4v) is 5.62. The van der Waals surface area contributed by atoms with Gasteiger partial charge in [0.15, 0.2) is 0 Å². The monoisotopic (exact) mass is 486 g/mol. The second-order valence-electron chi connectivity index (χ2n) is 7.10. The third-order valence-electron chi connectivity index (χ3n) is 4.46. The van der Waals surface area contributed by atoms with Gasteiger partial charge < -0.3 is 19.3 Å². The lowest BCUT2D eigenvalue weighted by Gasteiger charge is -2.31. The molecular weight excluding hydrogens is 460 g/mol. The van der Waals surface area contributed by atoms with E-state index in [9.17, 15) is 25.9 Å². The molecule has 172 valence electrons. The summed E-state index contributed by atoms with van der Waals surface area (Å²) in [5.41, 5.74) is 4.05. The molecule has 2 aromatic carbocycles. The Labute approximate surface area is 188 Å². The Kier molecular flexibility index (Phi) is 9.34. The molecule has 31 heavy (non-hydrogen) atoms. The first-order valence-corrected chi connectivity index (χ1v) is 13.6.